The van der Waals surface area contributed by atoms with Crippen molar-refractivity contribution < 1.29 is 19.1 Å². The average Bonchev–Trinajstić information content (AvgIpc) is 3.41. The van der Waals surface area contributed by atoms with E-state index in [1.54, 1.807) is 0 Å². The fourth-order valence-corrected chi connectivity index (χ4v) is 10.5. The number of hydrogen-bond acceptors (Lipinski definition) is 6. The Kier molecular flexibility index (Phi) is 9.05. The first-order valence-electron chi connectivity index (χ1n) is 19.0. The van der Waals surface area contributed by atoms with Crippen LogP contribution in [0.15, 0.2) is 54.6 Å². The number of amides is 3. The zero-order valence-corrected chi connectivity index (χ0v) is 30.7. The lowest BCUT2D eigenvalue weighted by Gasteiger charge is -2.46. The van der Waals surface area contributed by atoms with Crippen LogP contribution in [0.25, 0.3) is 10.1 Å². The van der Waals surface area contributed by atoms with Crippen LogP contribution in [-0.4, -0.2) is 95.0 Å². The number of carbonyl (C=O) groups is 3. The minimum atomic E-state index is -0.676. The molecule has 266 valence electrons. The van der Waals surface area contributed by atoms with E-state index in [0.717, 1.165) is 81.3 Å². The van der Waals surface area contributed by atoms with Crippen molar-refractivity contribution in [1.29, 1.82) is 0 Å². The van der Waals surface area contributed by atoms with Crippen LogP contribution in [0.3, 0.4) is 0 Å². The van der Waals surface area contributed by atoms with Gasteiger partial charge in [-0.3, -0.25) is 19.3 Å². The highest BCUT2D eigenvalue weighted by atomic mass is 32.1. The van der Waals surface area contributed by atoms with Crippen LogP contribution in [0.2, 0.25) is 0 Å². The van der Waals surface area contributed by atoms with E-state index in [1.165, 1.54) is 22.5 Å². The molecule has 1 aliphatic carbocycles. The van der Waals surface area contributed by atoms with Crippen LogP contribution in [0.4, 0.5) is 0 Å². The van der Waals surface area contributed by atoms with Crippen molar-refractivity contribution in [2.45, 2.75) is 114 Å². The van der Waals surface area contributed by atoms with Crippen LogP contribution in [0.5, 0.6) is 0 Å². The van der Waals surface area contributed by atoms with Gasteiger partial charge in [-0.15, -0.1) is 11.3 Å². The first-order chi connectivity index (χ1) is 24.2. The van der Waals surface area contributed by atoms with E-state index in [9.17, 15) is 14.4 Å². The molecule has 1 spiro atoms. The summed E-state index contributed by atoms with van der Waals surface area (Å²) in [6.07, 6.45) is 7.74. The standard InChI is InChI=1S/C41H52N4O4S/c1-4-27-11-16-35-29(19-27)20-36(50-35)37(46)42-33-14-12-31(43(5-2)24-40(3)25-49-26-40)21-32-13-15-34(45(32)38(33)47)39(48)44-23-30(22-41(44)17-18-41)28-9-7-6-8-10-28/h6-11,16,19-20,30-34H,4-5,12-15,17-18,21-26H2,1-3H3,(H,42,46)/t30-,31+,32-,33+,34+/m1/s1. The molecule has 3 aromatic rings. The van der Waals surface area contributed by atoms with Gasteiger partial charge in [0.05, 0.1) is 18.1 Å². The van der Waals surface area contributed by atoms with E-state index in [4.69, 9.17) is 4.74 Å². The molecule has 0 radical (unpaired) electrons. The number of nitrogens with zero attached hydrogens (tertiary/aromatic N) is 3. The molecular formula is C41H52N4O4S. The maximum absolute atomic E-state index is 14.7. The molecule has 5 atom stereocenters. The molecule has 4 aliphatic heterocycles. The monoisotopic (exact) mass is 696 g/mol. The Bertz CT molecular complexity index is 1750. The molecule has 8 nitrogen and oxygen atoms in total. The molecule has 5 aliphatic rings. The summed E-state index contributed by atoms with van der Waals surface area (Å²) in [5.41, 5.74) is 2.60. The highest BCUT2D eigenvalue weighted by Crippen LogP contribution is 2.54. The number of hydrogen-bond donors (Lipinski definition) is 1. The van der Waals surface area contributed by atoms with Crippen molar-refractivity contribution in [3.63, 3.8) is 0 Å². The molecule has 3 amide bonds. The number of ether oxygens (including phenoxy) is 1. The zero-order valence-electron chi connectivity index (χ0n) is 29.9. The lowest BCUT2D eigenvalue weighted by molar-refractivity contribution is -0.149. The topological polar surface area (TPSA) is 82.2 Å². The van der Waals surface area contributed by atoms with Crippen molar-refractivity contribution in [2.24, 2.45) is 5.41 Å². The van der Waals surface area contributed by atoms with Crippen molar-refractivity contribution in [3.05, 3.63) is 70.6 Å². The second kappa shape index (κ2) is 13.4. The molecule has 4 saturated heterocycles. The van der Waals surface area contributed by atoms with Gasteiger partial charge < -0.3 is 19.9 Å². The average molecular weight is 697 g/mol. The Hall–Kier alpha value is -3.27. The summed E-state index contributed by atoms with van der Waals surface area (Å²) in [5.74, 6) is 0.149. The Morgan fingerprint density at radius 1 is 1.02 bits per heavy atom. The number of aryl methyl sites for hydroxylation is 1. The first kappa shape index (κ1) is 33.9. The third-order valence-electron chi connectivity index (χ3n) is 12.6. The summed E-state index contributed by atoms with van der Waals surface area (Å²) in [5, 5.41) is 4.27. The highest BCUT2D eigenvalue weighted by Gasteiger charge is 2.58. The predicted molar refractivity (Wildman–Crippen MR) is 197 cm³/mol. The largest absolute Gasteiger partial charge is 0.380 e. The molecule has 1 aromatic heterocycles. The third-order valence-corrected chi connectivity index (χ3v) is 13.7. The van der Waals surface area contributed by atoms with Gasteiger partial charge in [-0.25, -0.2) is 0 Å². The van der Waals surface area contributed by atoms with E-state index < -0.39 is 12.1 Å². The lowest BCUT2D eigenvalue weighted by atomic mass is 9.86. The first-order valence-corrected chi connectivity index (χ1v) is 19.8. The van der Waals surface area contributed by atoms with Gasteiger partial charge >= 0.3 is 0 Å². The van der Waals surface area contributed by atoms with Crippen molar-refractivity contribution in [2.75, 3.05) is 32.8 Å². The van der Waals surface area contributed by atoms with E-state index in [-0.39, 0.29) is 40.8 Å². The smallest absolute Gasteiger partial charge is 0.262 e. The number of rotatable bonds is 9. The number of carbonyl (C=O) groups excluding carboxylic acids is 3. The summed E-state index contributed by atoms with van der Waals surface area (Å²) >= 11 is 1.48. The highest BCUT2D eigenvalue weighted by molar-refractivity contribution is 7.20. The predicted octanol–water partition coefficient (Wildman–Crippen LogP) is 6.38. The van der Waals surface area contributed by atoms with Crippen LogP contribution in [0.1, 0.15) is 98.9 Å². The van der Waals surface area contributed by atoms with Crippen LogP contribution in [-0.2, 0) is 20.7 Å². The number of likely N-dealkylation sites (tertiary alicyclic amines) is 1. The second-order valence-electron chi connectivity index (χ2n) is 16.2. The summed E-state index contributed by atoms with van der Waals surface area (Å²) in [6.45, 7) is 10.8. The Morgan fingerprint density at radius 2 is 1.82 bits per heavy atom. The molecule has 50 heavy (non-hydrogen) atoms. The van der Waals surface area contributed by atoms with Gasteiger partial charge in [-0.05, 0) is 93.0 Å². The van der Waals surface area contributed by atoms with Gasteiger partial charge in [0.1, 0.15) is 12.1 Å². The number of benzene rings is 2. The molecule has 8 rings (SSSR count). The quantitative estimate of drug-likeness (QED) is 0.281. The molecular weight excluding hydrogens is 645 g/mol. The number of nitrogens with one attached hydrogen (secondary N) is 1. The van der Waals surface area contributed by atoms with Gasteiger partial charge in [-0.2, -0.15) is 0 Å². The van der Waals surface area contributed by atoms with Crippen molar-refractivity contribution >= 4 is 39.1 Å². The summed E-state index contributed by atoms with van der Waals surface area (Å²) in [4.78, 5) is 50.7. The maximum Gasteiger partial charge on any atom is 0.262 e. The van der Waals surface area contributed by atoms with Gasteiger partial charge in [0.2, 0.25) is 11.8 Å². The Balaban J connectivity index is 1.07. The van der Waals surface area contributed by atoms with E-state index in [1.807, 2.05) is 17.0 Å². The Morgan fingerprint density at radius 3 is 2.52 bits per heavy atom. The maximum atomic E-state index is 14.7. The minimum absolute atomic E-state index is 0.0277. The fraction of sp³-hybridized carbons (Fsp3) is 0.585. The SMILES string of the molecule is CCc1ccc2sc(C(=O)N[C@H]3CC[C@H](N(CC)CC4(C)COC4)C[C@H]4CC[C@@H](C(=O)N5C[C@H](c6ccccc6)CC56CC6)N4C3=O)cc2c1. The summed E-state index contributed by atoms with van der Waals surface area (Å²) in [7, 11) is 0. The van der Waals surface area contributed by atoms with Crippen LogP contribution >= 0.6 is 11.3 Å². The minimum Gasteiger partial charge on any atom is -0.380 e. The van der Waals surface area contributed by atoms with E-state index in [0.29, 0.717) is 30.2 Å². The Labute approximate surface area is 300 Å². The second-order valence-corrected chi connectivity index (χ2v) is 17.3. The van der Waals surface area contributed by atoms with E-state index in [2.05, 4.69) is 78.4 Å². The van der Waals surface area contributed by atoms with E-state index >= 15 is 0 Å². The van der Waals surface area contributed by atoms with Gasteiger partial charge in [0.25, 0.3) is 5.91 Å². The zero-order chi connectivity index (χ0) is 34.6. The third kappa shape index (κ3) is 6.28. The molecule has 5 heterocycles. The number of fused-ring (bicyclic) bond motifs is 2. The summed E-state index contributed by atoms with van der Waals surface area (Å²) in [6, 6.07) is 18.0. The van der Waals surface area contributed by atoms with Gasteiger partial charge in [0, 0.05) is 46.7 Å². The molecule has 2 aromatic carbocycles. The van der Waals surface area contributed by atoms with Crippen LogP contribution in [0, 0.1) is 5.41 Å². The van der Waals surface area contributed by atoms with Crippen molar-refractivity contribution in [1.82, 2.24) is 20.0 Å². The molecule has 0 bridgehead atoms. The normalized spacial score (nSPS) is 28.4. The van der Waals surface area contributed by atoms with Crippen molar-refractivity contribution in [3.8, 4) is 0 Å². The molecule has 1 saturated carbocycles. The summed E-state index contributed by atoms with van der Waals surface area (Å²) < 4.78 is 6.69. The molecule has 5 fully saturated rings. The van der Waals surface area contributed by atoms with Gasteiger partial charge in [-0.1, -0.05) is 63.2 Å². The van der Waals surface area contributed by atoms with Crippen LogP contribution < -0.4 is 5.32 Å². The molecule has 9 heteroatoms. The molecule has 1 N–H and O–H groups in total. The fourth-order valence-electron chi connectivity index (χ4n) is 9.55. The number of thiophene rings is 1. The lowest BCUT2D eigenvalue weighted by Crippen LogP contribution is -2.59. The van der Waals surface area contributed by atoms with Gasteiger partial charge in [0.15, 0.2) is 0 Å². The molecule has 0 unspecified atom stereocenters.